The maximum atomic E-state index is 13.0. The summed E-state index contributed by atoms with van der Waals surface area (Å²) < 4.78 is 1.56. The number of rotatable bonds is 4. The Hall–Kier alpha value is -3.58. The van der Waals surface area contributed by atoms with Gasteiger partial charge in [0.25, 0.3) is 5.56 Å². The maximum Gasteiger partial charge on any atom is 0.322 e. The Bertz CT molecular complexity index is 1220. The number of nitrogens with zero attached hydrogens (tertiary/aromatic N) is 2. The first-order chi connectivity index (χ1) is 15.8. The minimum Gasteiger partial charge on any atom is -0.324 e. The van der Waals surface area contributed by atoms with E-state index in [1.54, 1.807) is 77.2 Å². The highest BCUT2D eigenvalue weighted by atomic mass is 35.5. The van der Waals surface area contributed by atoms with Gasteiger partial charge in [0.2, 0.25) is 5.91 Å². The van der Waals surface area contributed by atoms with E-state index in [4.69, 9.17) is 11.6 Å². The summed E-state index contributed by atoms with van der Waals surface area (Å²) in [6, 6.07) is 16.6. The molecule has 1 fully saturated rings. The third-order valence-corrected chi connectivity index (χ3v) is 5.97. The second-order valence-electron chi connectivity index (χ2n) is 8.35. The number of nitrogens with one attached hydrogen (secondary N) is 2. The molecule has 1 aliphatic rings. The van der Waals surface area contributed by atoms with Gasteiger partial charge in [0.1, 0.15) is 6.04 Å². The van der Waals surface area contributed by atoms with Crippen LogP contribution in [0.1, 0.15) is 18.9 Å². The van der Waals surface area contributed by atoms with Gasteiger partial charge < -0.3 is 15.5 Å². The van der Waals surface area contributed by atoms with E-state index >= 15 is 0 Å². The summed E-state index contributed by atoms with van der Waals surface area (Å²) in [6.07, 6.45) is 2.29. The van der Waals surface area contributed by atoms with Crippen molar-refractivity contribution in [1.29, 1.82) is 0 Å². The molecule has 1 aromatic heterocycles. The second-order valence-corrected chi connectivity index (χ2v) is 8.78. The monoisotopic (exact) mass is 464 g/mol. The SMILES string of the molecule is Cc1cccn(-c2ccc(NC(=O)[C@H]3C[C@@H](C)CN3C(=O)Nc3ccc(Cl)cc3)cc2)c1=O. The van der Waals surface area contributed by atoms with Crippen LogP contribution in [0.4, 0.5) is 16.2 Å². The van der Waals surface area contributed by atoms with E-state index in [9.17, 15) is 14.4 Å². The second kappa shape index (κ2) is 9.50. The van der Waals surface area contributed by atoms with Gasteiger partial charge in [-0.05, 0) is 73.9 Å². The minimum atomic E-state index is -0.577. The smallest absolute Gasteiger partial charge is 0.322 e. The molecule has 0 saturated carbocycles. The van der Waals surface area contributed by atoms with Crippen molar-refractivity contribution < 1.29 is 9.59 Å². The van der Waals surface area contributed by atoms with Crippen LogP contribution in [0.15, 0.2) is 71.7 Å². The van der Waals surface area contributed by atoms with Crippen molar-refractivity contribution in [3.8, 4) is 5.69 Å². The summed E-state index contributed by atoms with van der Waals surface area (Å²) in [5, 5.41) is 6.31. The van der Waals surface area contributed by atoms with Gasteiger partial charge in [0.05, 0.1) is 0 Å². The number of pyridine rings is 1. The zero-order chi connectivity index (χ0) is 23.5. The standard InChI is InChI=1S/C25H25ClN4O3/c1-16-14-22(30(15-16)25(33)28-20-7-5-18(26)6-8-20)23(31)27-19-9-11-21(12-10-19)29-13-3-4-17(2)24(29)32/h3-13,16,22H,14-15H2,1-2H3,(H,27,31)(H,28,33)/t16-,22-/m1/s1. The molecule has 4 rings (SSSR count). The van der Waals surface area contributed by atoms with Crippen molar-refractivity contribution in [2.45, 2.75) is 26.3 Å². The highest BCUT2D eigenvalue weighted by Gasteiger charge is 2.38. The third-order valence-electron chi connectivity index (χ3n) is 5.72. The molecule has 33 heavy (non-hydrogen) atoms. The fourth-order valence-electron chi connectivity index (χ4n) is 3.98. The predicted molar refractivity (Wildman–Crippen MR) is 130 cm³/mol. The van der Waals surface area contributed by atoms with Crippen molar-refractivity contribution in [2.24, 2.45) is 5.92 Å². The number of aryl methyl sites for hydroxylation is 1. The highest BCUT2D eigenvalue weighted by Crippen LogP contribution is 2.26. The van der Waals surface area contributed by atoms with Gasteiger partial charge >= 0.3 is 6.03 Å². The number of amides is 3. The first-order valence-corrected chi connectivity index (χ1v) is 11.1. The normalized spacial score (nSPS) is 17.6. The molecule has 3 amide bonds. The number of hydrogen-bond donors (Lipinski definition) is 2. The van der Waals surface area contributed by atoms with Crippen molar-refractivity contribution in [3.63, 3.8) is 0 Å². The molecular formula is C25H25ClN4O3. The molecule has 8 heteroatoms. The number of halogens is 1. The molecule has 170 valence electrons. The summed E-state index contributed by atoms with van der Waals surface area (Å²) in [4.78, 5) is 39.8. The number of carbonyl (C=O) groups excluding carboxylic acids is 2. The van der Waals surface area contributed by atoms with E-state index in [2.05, 4.69) is 10.6 Å². The van der Waals surface area contributed by atoms with E-state index in [1.807, 2.05) is 13.0 Å². The van der Waals surface area contributed by atoms with E-state index in [0.29, 0.717) is 40.6 Å². The third kappa shape index (κ3) is 5.09. The first-order valence-electron chi connectivity index (χ1n) is 10.7. The van der Waals surface area contributed by atoms with E-state index in [1.165, 1.54) is 0 Å². The number of aromatic nitrogens is 1. The van der Waals surface area contributed by atoms with Gasteiger partial charge in [-0.25, -0.2) is 4.79 Å². The number of benzene rings is 2. The van der Waals surface area contributed by atoms with E-state index < -0.39 is 6.04 Å². The van der Waals surface area contributed by atoms with Crippen LogP contribution in [0.5, 0.6) is 0 Å². The molecule has 0 spiro atoms. The lowest BCUT2D eigenvalue weighted by Gasteiger charge is -2.24. The molecular weight excluding hydrogens is 440 g/mol. The van der Waals surface area contributed by atoms with Crippen LogP contribution in [0.25, 0.3) is 5.69 Å². The number of urea groups is 1. The Morgan fingerprint density at radius 2 is 1.61 bits per heavy atom. The Labute approximate surface area is 197 Å². The molecule has 0 bridgehead atoms. The molecule has 3 aromatic rings. The predicted octanol–water partition coefficient (Wildman–Crippen LogP) is 4.68. The molecule has 2 heterocycles. The van der Waals surface area contributed by atoms with Crippen molar-refractivity contribution in [3.05, 3.63) is 87.8 Å². The van der Waals surface area contributed by atoms with Crippen LogP contribution in [0.2, 0.25) is 5.02 Å². The van der Waals surface area contributed by atoms with Gasteiger partial charge in [-0.1, -0.05) is 24.6 Å². The summed E-state index contributed by atoms with van der Waals surface area (Å²) in [6.45, 7) is 4.28. The van der Waals surface area contributed by atoms with Crippen LogP contribution in [0, 0.1) is 12.8 Å². The average molecular weight is 465 g/mol. The maximum absolute atomic E-state index is 13.0. The quantitative estimate of drug-likeness (QED) is 0.588. The lowest BCUT2D eigenvalue weighted by atomic mass is 10.1. The molecule has 0 radical (unpaired) electrons. The van der Waals surface area contributed by atoms with Crippen molar-refractivity contribution >= 4 is 34.9 Å². The summed E-state index contributed by atoms with van der Waals surface area (Å²) in [7, 11) is 0. The summed E-state index contributed by atoms with van der Waals surface area (Å²) in [5.41, 5.74) is 2.49. The van der Waals surface area contributed by atoms with Crippen LogP contribution >= 0.6 is 11.6 Å². The Kier molecular flexibility index (Phi) is 6.51. The van der Waals surface area contributed by atoms with Gasteiger partial charge in [-0.2, -0.15) is 0 Å². The molecule has 2 atom stereocenters. The lowest BCUT2D eigenvalue weighted by Crippen LogP contribution is -2.45. The fourth-order valence-corrected chi connectivity index (χ4v) is 4.11. The highest BCUT2D eigenvalue weighted by molar-refractivity contribution is 6.30. The van der Waals surface area contributed by atoms with Crippen LogP contribution in [-0.2, 0) is 4.79 Å². The van der Waals surface area contributed by atoms with Gasteiger partial charge in [-0.15, -0.1) is 0 Å². The van der Waals surface area contributed by atoms with Crippen molar-refractivity contribution in [1.82, 2.24) is 9.47 Å². The summed E-state index contributed by atoms with van der Waals surface area (Å²) >= 11 is 5.90. The number of carbonyl (C=O) groups is 2. The Morgan fingerprint density at radius 3 is 2.30 bits per heavy atom. The molecule has 0 unspecified atom stereocenters. The van der Waals surface area contributed by atoms with E-state index in [0.717, 1.165) is 0 Å². The molecule has 1 saturated heterocycles. The molecule has 7 nitrogen and oxygen atoms in total. The molecule has 2 aromatic carbocycles. The Morgan fingerprint density at radius 1 is 0.970 bits per heavy atom. The largest absolute Gasteiger partial charge is 0.324 e. The van der Waals surface area contributed by atoms with Crippen LogP contribution < -0.4 is 16.2 Å². The molecule has 2 N–H and O–H groups in total. The average Bonchev–Trinajstić information content (AvgIpc) is 3.20. The van der Waals surface area contributed by atoms with Crippen LogP contribution in [0.3, 0.4) is 0 Å². The summed E-state index contributed by atoms with van der Waals surface area (Å²) in [5.74, 6) is -0.0432. The van der Waals surface area contributed by atoms with Gasteiger partial charge in [-0.3, -0.25) is 14.2 Å². The zero-order valence-electron chi connectivity index (χ0n) is 18.4. The van der Waals surface area contributed by atoms with Gasteiger partial charge in [0.15, 0.2) is 0 Å². The van der Waals surface area contributed by atoms with Crippen LogP contribution in [-0.4, -0.2) is 34.0 Å². The minimum absolute atomic E-state index is 0.0865. The lowest BCUT2D eigenvalue weighted by molar-refractivity contribution is -0.119. The molecule has 0 aliphatic carbocycles. The zero-order valence-corrected chi connectivity index (χ0v) is 19.2. The molecule has 1 aliphatic heterocycles. The number of likely N-dealkylation sites (tertiary alicyclic amines) is 1. The topological polar surface area (TPSA) is 83.4 Å². The van der Waals surface area contributed by atoms with E-state index in [-0.39, 0.29) is 23.4 Å². The first kappa shape index (κ1) is 22.6. The number of anilines is 2. The van der Waals surface area contributed by atoms with Gasteiger partial charge in [0, 0.05) is 40.4 Å². The number of hydrogen-bond acceptors (Lipinski definition) is 3. The Balaban J connectivity index is 1.45. The van der Waals surface area contributed by atoms with Crippen molar-refractivity contribution in [2.75, 3.05) is 17.2 Å². The fraction of sp³-hybridized carbons (Fsp3) is 0.240.